The van der Waals surface area contributed by atoms with Crippen molar-refractivity contribution in [3.05, 3.63) is 29.6 Å². The van der Waals surface area contributed by atoms with Gasteiger partial charge >= 0.3 is 5.97 Å². The first-order valence-corrected chi connectivity index (χ1v) is 6.86. The van der Waals surface area contributed by atoms with Gasteiger partial charge in [0, 0.05) is 12.5 Å². The van der Waals surface area contributed by atoms with Gasteiger partial charge < -0.3 is 18.9 Å². The summed E-state index contributed by atoms with van der Waals surface area (Å²) < 4.78 is 34.6. The van der Waals surface area contributed by atoms with Crippen molar-refractivity contribution >= 4 is 5.97 Å². The van der Waals surface area contributed by atoms with E-state index in [2.05, 4.69) is 4.74 Å². The highest BCUT2D eigenvalue weighted by Crippen LogP contribution is 2.18. The minimum atomic E-state index is -0.477. The molecule has 0 saturated carbocycles. The molecule has 0 N–H and O–H groups in total. The lowest BCUT2D eigenvalue weighted by Crippen LogP contribution is -2.29. The first-order chi connectivity index (χ1) is 10.2. The van der Waals surface area contributed by atoms with Crippen molar-refractivity contribution in [2.75, 3.05) is 33.5 Å². The monoisotopic (exact) mass is 298 g/mol. The lowest BCUT2D eigenvalue weighted by molar-refractivity contribution is -0.139. The second kappa shape index (κ2) is 7.95. The Hall–Kier alpha value is -1.66. The van der Waals surface area contributed by atoms with Gasteiger partial charge in [0.15, 0.2) is 0 Å². The molecule has 0 spiro atoms. The zero-order valence-electron chi connectivity index (χ0n) is 12.0. The largest absolute Gasteiger partial charge is 0.493 e. The minimum Gasteiger partial charge on any atom is -0.493 e. The lowest BCUT2D eigenvalue weighted by Gasteiger charge is -2.22. The van der Waals surface area contributed by atoms with Crippen LogP contribution in [-0.2, 0) is 25.4 Å². The van der Waals surface area contributed by atoms with Crippen molar-refractivity contribution in [3.63, 3.8) is 0 Å². The number of rotatable bonds is 6. The normalized spacial score (nSPS) is 18.3. The molecule has 1 heterocycles. The fourth-order valence-electron chi connectivity index (χ4n) is 2.00. The van der Waals surface area contributed by atoms with Crippen LogP contribution in [0.25, 0.3) is 0 Å². The molecule has 0 bridgehead atoms. The van der Waals surface area contributed by atoms with Crippen LogP contribution in [0.5, 0.6) is 5.75 Å². The van der Waals surface area contributed by atoms with E-state index in [9.17, 15) is 9.18 Å². The van der Waals surface area contributed by atoms with Gasteiger partial charge in [-0.25, -0.2) is 4.39 Å². The van der Waals surface area contributed by atoms with Crippen LogP contribution in [0.2, 0.25) is 0 Å². The highest BCUT2D eigenvalue weighted by atomic mass is 19.1. The number of halogens is 1. The van der Waals surface area contributed by atoms with E-state index in [1.807, 2.05) is 0 Å². The predicted molar refractivity (Wildman–Crippen MR) is 72.8 cm³/mol. The predicted octanol–water partition coefficient (Wildman–Crippen LogP) is 1.73. The van der Waals surface area contributed by atoms with E-state index >= 15 is 0 Å². The summed E-state index contributed by atoms with van der Waals surface area (Å²) in [5.41, 5.74) is 0.290. The second-order valence-corrected chi connectivity index (χ2v) is 4.71. The number of hydrogen-bond donors (Lipinski definition) is 0. The van der Waals surface area contributed by atoms with Gasteiger partial charge in [-0.3, -0.25) is 4.79 Å². The van der Waals surface area contributed by atoms with Gasteiger partial charge in [-0.05, 0) is 11.6 Å². The molecule has 0 aliphatic carbocycles. The third-order valence-electron chi connectivity index (χ3n) is 3.18. The van der Waals surface area contributed by atoms with Crippen molar-refractivity contribution in [2.45, 2.75) is 18.9 Å². The number of methoxy groups -OCH3 is 1. The van der Waals surface area contributed by atoms with Crippen LogP contribution in [0.3, 0.4) is 0 Å². The van der Waals surface area contributed by atoms with Gasteiger partial charge in [0.25, 0.3) is 0 Å². The van der Waals surface area contributed by atoms with Crippen LogP contribution in [0, 0.1) is 5.82 Å². The van der Waals surface area contributed by atoms with E-state index < -0.39 is 11.8 Å². The van der Waals surface area contributed by atoms with Crippen molar-refractivity contribution in [2.24, 2.45) is 0 Å². The van der Waals surface area contributed by atoms with Crippen LogP contribution in [0.4, 0.5) is 4.39 Å². The summed E-state index contributed by atoms with van der Waals surface area (Å²) in [4.78, 5) is 11.1. The molecule has 0 radical (unpaired) electrons. The molecule has 1 aliphatic rings. The Balaban J connectivity index is 1.80. The molecule has 1 fully saturated rings. The summed E-state index contributed by atoms with van der Waals surface area (Å²) in [6.45, 7) is 2.21. The van der Waals surface area contributed by atoms with Crippen LogP contribution < -0.4 is 4.74 Å². The molecule has 6 heteroatoms. The summed E-state index contributed by atoms with van der Waals surface area (Å²) >= 11 is 0. The Morgan fingerprint density at radius 2 is 2.29 bits per heavy atom. The van der Waals surface area contributed by atoms with Crippen LogP contribution in [-0.4, -0.2) is 45.6 Å². The Kier molecular flexibility index (Phi) is 5.95. The SMILES string of the molecule is COC(=O)Cc1ccc(OCC[C@@H]2COCCO2)cc1F. The first kappa shape index (κ1) is 15.7. The summed E-state index contributed by atoms with van der Waals surface area (Å²) in [5.74, 6) is -0.523. The van der Waals surface area contributed by atoms with E-state index in [1.165, 1.54) is 19.2 Å². The molecule has 0 aromatic heterocycles. The number of hydrogen-bond acceptors (Lipinski definition) is 5. The highest BCUT2D eigenvalue weighted by molar-refractivity contribution is 5.72. The molecule has 1 aromatic rings. The van der Waals surface area contributed by atoms with Gasteiger partial charge in [-0.2, -0.15) is 0 Å². The van der Waals surface area contributed by atoms with E-state index in [0.29, 0.717) is 44.2 Å². The smallest absolute Gasteiger partial charge is 0.310 e. The van der Waals surface area contributed by atoms with E-state index in [1.54, 1.807) is 6.07 Å². The Morgan fingerprint density at radius 3 is 2.95 bits per heavy atom. The molecule has 116 valence electrons. The number of esters is 1. The van der Waals surface area contributed by atoms with Crippen LogP contribution in [0.1, 0.15) is 12.0 Å². The third kappa shape index (κ3) is 4.99. The van der Waals surface area contributed by atoms with E-state index in [0.717, 1.165) is 0 Å². The van der Waals surface area contributed by atoms with E-state index in [4.69, 9.17) is 14.2 Å². The zero-order chi connectivity index (χ0) is 15.1. The van der Waals surface area contributed by atoms with Crippen molar-refractivity contribution < 1.29 is 28.1 Å². The molecule has 0 amide bonds. The topological polar surface area (TPSA) is 54.0 Å². The molecule has 2 rings (SSSR count). The molecule has 21 heavy (non-hydrogen) atoms. The maximum absolute atomic E-state index is 13.8. The standard InChI is InChI=1S/C15H19FO5/c1-18-15(17)8-11-2-3-12(9-14(11)16)20-5-4-13-10-19-6-7-21-13/h2-3,9,13H,4-8,10H2,1H3/t13-/m1/s1. The van der Waals surface area contributed by atoms with Gasteiger partial charge in [-0.15, -0.1) is 0 Å². The Morgan fingerprint density at radius 1 is 1.43 bits per heavy atom. The molecule has 1 atom stereocenters. The fraction of sp³-hybridized carbons (Fsp3) is 0.533. The fourth-order valence-corrected chi connectivity index (χ4v) is 2.00. The molecule has 1 aliphatic heterocycles. The maximum atomic E-state index is 13.8. The number of ether oxygens (including phenoxy) is 4. The lowest BCUT2D eigenvalue weighted by atomic mass is 10.1. The highest BCUT2D eigenvalue weighted by Gasteiger charge is 2.14. The van der Waals surface area contributed by atoms with Crippen molar-refractivity contribution in [1.29, 1.82) is 0 Å². The average Bonchev–Trinajstić information content (AvgIpc) is 2.51. The third-order valence-corrected chi connectivity index (χ3v) is 3.18. The summed E-state index contributed by atoms with van der Waals surface area (Å²) in [7, 11) is 1.27. The number of carbonyl (C=O) groups is 1. The maximum Gasteiger partial charge on any atom is 0.310 e. The van der Waals surface area contributed by atoms with Crippen molar-refractivity contribution in [3.8, 4) is 5.75 Å². The van der Waals surface area contributed by atoms with E-state index in [-0.39, 0.29) is 12.5 Å². The molecule has 1 aromatic carbocycles. The van der Waals surface area contributed by atoms with Gasteiger partial charge in [0.2, 0.25) is 0 Å². The van der Waals surface area contributed by atoms with Crippen LogP contribution >= 0.6 is 0 Å². The second-order valence-electron chi connectivity index (χ2n) is 4.71. The molecular formula is C15H19FO5. The number of benzene rings is 1. The van der Waals surface area contributed by atoms with Crippen molar-refractivity contribution in [1.82, 2.24) is 0 Å². The molecule has 1 saturated heterocycles. The molecule has 0 unspecified atom stereocenters. The Labute approximate surface area is 122 Å². The van der Waals surface area contributed by atoms with Gasteiger partial charge in [-0.1, -0.05) is 6.07 Å². The Bertz CT molecular complexity index is 471. The minimum absolute atomic E-state index is 0.0298. The molecular weight excluding hydrogens is 279 g/mol. The molecule has 5 nitrogen and oxygen atoms in total. The van der Waals surface area contributed by atoms with Crippen LogP contribution in [0.15, 0.2) is 18.2 Å². The first-order valence-electron chi connectivity index (χ1n) is 6.86. The summed E-state index contributed by atoms with van der Waals surface area (Å²) in [6.07, 6.45) is 0.628. The summed E-state index contributed by atoms with van der Waals surface area (Å²) in [6, 6.07) is 4.44. The average molecular weight is 298 g/mol. The van der Waals surface area contributed by atoms with Gasteiger partial charge in [0.1, 0.15) is 11.6 Å². The quantitative estimate of drug-likeness (QED) is 0.749. The van der Waals surface area contributed by atoms with Gasteiger partial charge in [0.05, 0.1) is 46.1 Å². The number of carbonyl (C=O) groups excluding carboxylic acids is 1. The zero-order valence-corrected chi connectivity index (χ0v) is 12.0. The summed E-state index contributed by atoms with van der Waals surface area (Å²) in [5, 5.41) is 0.